The first kappa shape index (κ1) is 12.7. The van der Waals surface area contributed by atoms with Crippen molar-refractivity contribution in [3.63, 3.8) is 0 Å². The number of rotatable bonds is 2. The van der Waals surface area contributed by atoms with E-state index < -0.39 is 0 Å². The van der Waals surface area contributed by atoms with Crippen LogP contribution in [0, 0.1) is 0 Å². The fourth-order valence-corrected chi connectivity index (χ4v) is 0.787. The zero-order valence-corrected chi connectivity index (χ0v) is 8.56. The van der Waals surface area contributed by atoms with E-state index in [1.165, 1.54) is 6.92 Å². The first-order valence-electron chi connectivity index (χ1n) is 4.48. The second-order valence-electron chi connectivity index (χ2n) is 2.57. The van der Waals surface area contributed by atoms with E-state index in [4.69, 9.17) is 5.11 Å². The van der Waals surface area contributed by atoms with Gasteiger partial charge in [-0.25, -0.2) is 0 Å². The Bertz CT molecular complexity index is 244. The molecule has 1 N–H and O–H groups in total. The second-order valence-corrected chi connectivity index (χ2v) is 2.57. The highest BCUT2D eigenvalue weighted by Gasteiger charge is 1.82. The number of ether oxygens (including phenoxy) is 1. The summed E-state index contributed by atoms with van der Waals surface area (Å²) in [7, 11) is 0. The molecule has 3 heteroatoms. The van der Waals surface area contributed by atoms with Crippen molar-refractivity contribution < 1.29 is 14.6 Å². The van der Waals surface area contributed by atoms with E-state index >= 15 is 0 Å². The smallest absolute Gasteiger partial charge is 0.302 e. The quantitative estimate of drug-likeness (QED) is 0.733. The first-order chi connectivity index (χ1) is 6.70. The summed E-state index contributed by atoms with van der Waals surface area (Å²) in [5.41, 5.74) is 0.965. The van der Waals surface area contributed by atoms with Crippen molar-refractivity contribution in [2.45, 2.75) is 20.5 Å². The Hall–Kier alpha value is -1.35. The van der Waals surface area contributed by atoms with Crippen molar-refractivity contribution in [1.82, 2.24) is 0 Å². The van der Waals surface area contributed by atoms with Gasteiger partial charge >= 0.3 is 5.97 Å². The maximum Gasteiger partial charge on any atom is 0.302 e. The second kappa shape index (κ2) is 8.26. The predicted molar refractivity (Wildman–Crippen MR) is 54.7 cm³/mol. The zero-order valence-electron chi connectivity index (χ0n) is 8.56. The highest BCUT2D eigenvalue weighted by molar-refractivity contribution is 5.65. The van der Waals surface area contributed by atoms with E-state index in [2.05, 4.69) is 4.74 Å². The molecule has 0 saturated heterocycles. The van der Waals surface area contributed by atoms with Crippen LogP contribution in [0.2, 0.25) is 0 Å². The van der Waals surface area contributed by atoms with Crippen LogP contribution in [0.1, 0.15) is 19.4 Å². The SMILES string of the molecule is CCOC(C)=O.OCc1ccccc1. The van der Waals surface area contributed by atoms with E-state index in [1.807, 2.05) is 30.3 Å². The van der Waals surface area contributed by atoms with Gasteiger partial charge in [0.2, 0.25) is 0 Å². The summed E-state index contributed by atoms with van der Waals surface area (Å²) in [5.74, 6) is -0.211. The van der Waals surface area contributed by atoms with Crippen molar-refractivity contribution >= 4 is 5.97 Å². The molecule has 0 aliphatic heterocycles. The third-order valence-electron chi connectivity index (χ3n) is 1.37. The van der Waals surface area contributed by atoms with Crippen molar-refractivity contribution in [3.05, 3.63) is 35.9 Å². The zero-order chi connectivity index (χ0) is 10.8. The van der Waals surface area contributed by atoms with Crippen LogP contribution >= 0.6 is 0 Å². The number of carbonyl (C=O) groups is 1. The Morgan fingerprint density at radius 2 is 1.93 bits per heavy atom. The summed E-state index contributed by atoms with van der Waals surface area (Å²) in [6, 6.07) is 9.52. The lowest BCUT2D eigenvalue weighted by atomic mass is 10.2. The summed E-state index contributed by atoms with van der Waals surface area (Å²) in [6.07, 6.45) is 0. The first-order valence-corrected chi connectivity index (χ1v) is 4.48. The average Bonchev–Trinajstić information content (AvgIpc) is 2.20. The Balaban J connectivity index is 0.000000255. The molecule has 0 aliphatic rings. The van der Waals surface area contributed by atoms with Crippen LogP contribution in [-0.4, -0.2) is 17.7 Å². The molecule has 0 fully saturated rings. The van der Waals surface area contributed by atoms with Gasteiger partial charge in [-0.05, 0) is 12.5 Å². The van der Waals surface area contributed by atoms with Gasteiger partial charge in [-0.1, -0.05) is 30.3 Å². The summed E-state index contributed by atoms with van der Waals surface area (Å²) < 4.78 is 4.40. The van der Waals surface area contributed by atoms with Crippen LogP contribution in [0.4, 0.5) is 0 Å². The van der Waals surface area contributed by atoms with Crippen LogP contribution < -0.4 is 0 Å². The molecule has 3 nitrogen and oxygen atoms in total. The molecule has 1 rings (SSSR count). The molecule has 1 aromatic carbocycles. The maximum absolute atomic E-state index is 9.82. The summed E-state index contributed by atoms with van der Waals surface area (Å²) in [6.45, 7) is 3.79. The molecule has 0 spiro atoms. The average molecular weight is 196 g/mol. The fraction of sp³-hybridized carbons (Fsp3) is 0.364. The van der Waals surface area contributed by atoms with Crippen LogP contribution in [0.3, 0.4) is 0 Å². The van der Waals surface area contributed by atoms with Gasteiger partial charge in [-0.15, -0.1) is 0 Å². The molecule has 0 heterocycles. The number of benzene rings is 1. The normalized spacial score (nSPS) is 8.50. The summed E-state index contributed by atoms with van der Waals surface area (Å²) >= 11 is 0. The molecule has 0 aromatic heterocycles. The molecular weight excluding hydrogens is 180 g/mol. The number of aliphatic hydroxyl groups is 1. The predicted octanol–water partition coefficient (Wildman–Crippen LogP) is 1.75. The lowest BCUT2D eigenvalue weighted by Gasteiger charge is -1.89. The van der Waals surface area contributed by atoms with Crippen molar-refractivity contribution in [2.24, 2.45) is 0 Å². The molecule has 0 saturated carbocycles. The molecule has 0 aliphatic carbocycles. The van der Waals surface area contributed by atoms with Gasteiger partial charge in [-0.2, -0.15) is 0 Å². The minimum absolute atomic E-state index is 0.140. The van der Waals surface area contributed by atoms with Crippen molar-refractivity contribution in [1.29, 1.82) is 0 Å². The molecule has 78 valence electrons. The van der Waals surface area contributed by atoms with Crippen molar-refractivity contribution in [3.8, 4) is 0 Å². The Labute approximate surface area is 84.3 Å². The number of carbonyl (C=O) groups excluding carboxylic acids is 1. The van der Waals surface area contributed by atoms with E-state index in [9.17, 15) is 4.79 Å². The molecule has 1 aromatic rings. The van der Waals surface area contributed by atoms with Gasteiger partial charge in [0.15, 0.2) is 0 Å². The molecular formula is C11H16O3. The molecule has 0 atom stereocenters. The van der Waals surface area contributed by atoms with E-state index in [-0.39, 0.29) is 12.6 Å². The van der Waals surface area contributed by atoms with Gasteiger partial charge in [-0.3, -0.25) is 4.79 Å². The molecule has 0 radical (unpaired) electrons. The lowest BCUT2D eigenvalue weighted by Crippen LogP contribution is -1.95. The van der Waals surface area contributed by atoms with Crippen LogP contribution in [0.15, 0.2) is 30.3 Å². The number of aliphatic hydroxyl groups excluding tert-OH is 1. The van der Waals surface area contributed by atoms with Gasteiger partial charge in [0, 0.05) is 6.92 Å². The molecule has 14 heavy (non-hydrogen) atoms. The van der Waals surface area contributed by atoms with Crippen LogP contribution in [0.5, 0.6) is 0 Å². The third kappa shape index (κ3) is 7.31. The highest BCUT2D eigenvalue weighted by atomic mass is 16.5. The standard InChI is InChI=1S/C7H8O.C4H8O2/c8-6-7-4-2-1-3-5-7;1-3-6-4(2)5/h1-5,8H,6H2;3H2,1-2H3. The Kier molecular flexibility index (Phi) is 7.46. The summed E-state index contributed by atoms with van der Waals surface area (Å²) in [4.78, 5) is 9.82. The molecule has 0 unspecified atom stereocenters. The minimum Gasteiger partial charge on any atom is -0.466 e. The molecule has 0 amide bonds. The Morgan fingerprint density at radius 1 is 1.36 bits per heavy atom. The summed E-state index contributed by atoms with van der Waals surface area (Å²) in [5, 5.41) is 8.54. The van der Waals surface area contributed by atoms with E-state index in [0.29, 0.717) is 6.61 Å². The number of esters is 1. The van der Waals surface area contributed by atoms with E-state index in [0.717, 1.165) is 5.56 Å². The fourth-order valence-electron chi connectivity index (χ4n) is 0.787. The monoisotopic (exact) mass is 196 g/mol. The van der Waals surface area contributed by atoms with Gasteiger partial charge in [0.05, 0.1) is 13.2 Å². The van der Waals surface area contributed by atoms with Crippen LogP contribution in [0.25, 0.3) is 0 Å². The topological polar surface area (TPSA) is 46.5 Å². The lowest BCUT2D eigenvalue weighted by molar-refractivity contribution is -0.140. The Morgan fingerprint density at radius 3 is 2.14 bits per heavy atom. The van der Waals surface area contributed by atoms with Gasteiger partial charge in [0.25, 0.3) is 0 Å². The van der Waals surface area contributed by atoms with Gasteiger partial charge < -0.3 is 9.84 Å². The van der Waals surface area contributed by atoms with Gasteiger partial charge in [0.1, 0.15) is 0 Å². The minimum atomic E-state index is -0.211. The van der Waals surface area contributed by atoms with Crippen LogP contribution in [-0.2, 0) is 16.1 Å². The molecule has 0 bridgehead atoms. The number of hydrogen-bond donors (Lipinski definition) is 1. The largest absolute Gasteiger partial charge is 0.466 e. The maximum atomic E-state index is 9.82. The highest BCUT2D eigenvalue weighted by Crippen LogP contribution is 1.95. The third-order valence-corrected chi connectivity index (χ3v) is 1.37. The van der Waals surface area contributed by atoms with E-state index in [1.54, 1.807) is 6.92 Å². The number of hydrogen-bond acceptors (Lipinski definition) is 3. The van der Waals surface area contributed by atoms with Crippen molar-refractivity contribution in [2.75, 3.05) is 6.61 Å².